The van der Waals surface area contributed by atoms with Crippen LogP contribution in [-0.4, -0.2) is 43.4 Å². The highest BCUT2D eigenvalue weighted by Gasteiger charge is 2.33. The van der Waals surface area contributed by atoms with E-state index in [2.05, 4.69) is 0 Å². The summed E-state index contributed by atoms with van der Waals surface area (Å²) in [5.41, 5.74) is -0.113. The first kappa shape index (κ1) is 10.9. The number of hydrogen-bond acceptors (Lipinski definition) is 4. The minimum Gasteiger partial charge on any atom is -0.391 e. The molecule has 78 valence electrons. The Morgan fingerprint density at radius 2 is 2.31 bits per heavy atom. The lowest BCUT2D eigenvalue weighted by molar-refractivity contribution is -0.172. The van der Waals surface area contributed by atoms with Crippen molar-refractivity contribution in [2.24, 2.45) is 0 Å². The first-order valence-corrected chi connectivity index (χ1v) is 4.50. The van der Waals surface area contributed by atoms with Gasteiger partial charge in [-0.2, -0.15) is 0 Å². The zero-order chi connectivity index (χ0) is 9.90. The largest absolute Gasteiger partial charge is 0.391 e. The molecule has 1 heterocycles. The van der Waals surface area contributed by atoms with Crippen LogP contribution < -0.4 is 0 Å². The highest BCUT2D eigenvalue weighted by molar-refractivity contribution is 4.81. The van der Waals surface area contributed by atoms with Gasteiger partial charge in [0.25, 0.3) is 0 Å². The van der Waals surface area contributed by atoms with E-state index in [1.807, 2.05) is 13.8 Å². The van der Waals surface area contributed by atoms with Crippen LogP contribution in [0.15, 0.2) is 0 Å². The van der Waals surface area contributed by atoms with Crippen molar-refractivity contribution < 1.29 is 19.3 Å². The van der Waals surface area contributed by atoms with Gasteiger partial charge in [-0.05, 0) is 13.8 Å². The van der Waals surface area contributed by atoms with E-state index < -0.39 is 6.29 Å². The number of ether oxygens (including phenoxy) is 3. The van der Waals surface area contributed by atoms with Crippen LogP contribution in [0.25, 0.3) is 0 Å². The molecule has 0 radical (unpaired) electrons. The first-order valence-electron chi connectivity index (χ1n) is 4.50. The van der Waals surface area contributed by atoms with Gasteiger partial charge in [-0.1, -0.05) is 0 Å². The summed E-state index contributed by atoms with van der Waals surface area (Å²) >= 11 is 0. The predicted molar refractivity (Wildman–Crippen MR) is 47.4 cm³/mol. The number of rotatable bonds is 4. The van der Waals surface area contributed by atoms with Crippen LogP contribution in [0.2, 0.25) is 0 Å². The molecule has 0 amide bonds. The zero-order valence-corrected chi connectivity index (χ0v) is 8.45. The molecule has 1 N–H and O–H groups in total. The molecular formula is C9H18O4. The molecule has 1 rings (SSSR count). The van der Waals surface area contributed by atoms with Gasteiger partial charge in [-0.3, -0.25) is 0 Å². The average Bonchev–Trinajstić information content (AvgIpc) is 2.41. The molecule has 2 atom stereocenters. The molecule has 0 spiro atoms. The number of aliphatic hydroxyl groups excluding tert-OH is 1. The SMILES string of the molecule is COC(CO)OC1COC(C)(C)C1. The lowest BCUT2D eigenvalue weighted by atomic mass is 10.1. The van der Waals surface area contributed by atoms with Crippen LogP contribution in [0.4, 0.5) is 0 Å². The van der Waals surface area contributed by atoms with E-state index in [1.165, 1.54) is 7.11 Å². The van der Waals surface area contributed by atoms with Crippen molar-refractivity contribution in [1.29, 1.82) is 0 Å². The van der Waals surface area contributed by atoms with Crippen molar-refractivity contribution >= 4 is 0 Å². The Morgan fingerprint density at radius 3 is 2.69 bits per heavy atom. The van der Waals surface area contributed by atoms with E-state index in [-0.39, 0.29) is 18.3 Å². The van der Waals surface area contributed by atoms with Crippen LogP contribution in [-0.2, 0) is 14.2 Å². The number of methoxy groups -OCH3 is 1. The van der Waals surface area contributed by atoms with E-state index in [4.69, 9.17) is 19.3 Å². The van der Waals surface area contributed by atoms with E-state index >= 15 is 0 Å². The molecule has 1 aliphatic rings. The van der Waals surface area contributed by atoms with Crippen molar-refractivity contribution in [3.05, 3.63) is 0 Å². The minimum atomic E-state index is -0.525. The Balaban J connectivity index is 2.31. The van der Waals surface area contributed by atoms with Crippen molar-refractivity contribution in [2.45, 2.75) is 38.3 Å². The Bertz CT molecular complexity index is 154. The third kappa shape index (κ3) is 3.23. The van der Waals surface area contributed by atoms with Crippen molar-refractivity contribution in [1.82, 2.24) is 0 Å². The maximum atomic E-state index is 8.83. The normalized spacial score (nSPS) is 29.1. The second-order valence-electron chi connectivity index (χ2n) is 3.88. The molecule has 13 heavy (non-hydrogen) atoms. The van der Waals surface area contributed by atoms with Crippen molar-refractivity contribution in [2.75, 3.05) is 20.3 Å². The fourth-order valence-corrected chi connectivity index (χ4v) is 1.46. The van der Waals surface area contributed by atoms with Crippen LogP contribution in [0.3, 0.4) is 0 Å². The molecule has 0 aromatic carbocycles. The molecule has 4 heteroatoms. The van der Waals surface area contributed by atoms with Gasteiger partial charge in [-0.25, -0.2) is 0 Å². The maximum absolute atomic E-state index is 8.83. The highest BCUT2D eigenvalue weighted by atomic mass is 16.7. The summed E-state index contributed by atoms with van der Waals surface area (Å²) in [7, 11) is 1.52. The van der Waals surface area contributed by atoms with Crippen LogP contribution in [0.1, 0.15) is 20.3 Å². The smallest absolute Gasteiger partial charge is 0.180 e. The summed E-state index contributed by atoms with van der Waals surface area (Å²) in [5, 5.41) is 8.83. The van der Waals surface area contributed by atoms with Gasteiger partial charge in [0.15, 0.2) is 6.29 Å². The Hall–Kier alpha value is -0.160. The zero-order valence-electron chi connectivity index (χ0n) is 8.45. The molecule has 0 aromatic rings. The lowest BCUT2D eigenvalue weighted by Crippen LogP contribution is -2.27. The van der Waals surface area contributed by atoms with E-state index in [0.717, 1.165) is 6.42 Å². The lowest BCUT2D eigenvalue weighted by Gasteiger charge is -2.19. The van der Waals surface area contributed by atoms with Gasteiger partial charge < -0.3 is 19.3 Å². The van der Waals surface area contributed by atoms with Gasteiger partial charge >= 0.3 is 0 Å². The van der Waals surface area contributed by atoms with Crippen LogP contribution >= 0.6 is 0 Å². The maximum Gasteiger partial charge on any atom is 0.180 e. The third-order valence-corrected chi connectivity index (χ3v) is 2.14. The van der Waals surface area contributed by atoms with Gasteiger partial charge in [0.1, 0.15) is 0 Å². The molecule has 0 bridgehead atoms. The third-order valence-electron chi connectivity index (χ3n) is 2.14. The summed E-state index contributed by atoms with van der Waals surface area (Å²) in [6, 6.07) is 0. The van der Waals surface area contributed by atoms with Crippen molar-refractivity contribution in [3.8, 4) is 0 Å². The fraction of sp³-hybridized carbons (Fsp3) is 1.00. The monoisotopic (exact) mass is 190 g/mol. The molecule has 4 nitrogen and oxygen atoms in total. The summed E-state index contributed by atoms with van der Waals surface area (Å²) in [5.74, 6) is 0. The van der Waals surface area contributed by atoms with Gasteiger partial charge in [0.05, 0.1) is 24.9 Å². The molecule has 1 saturated heterocycles. The predicted octanol–water partition coefficient (Wildman–Crippen LogP) is 0.535. The molecule has 1 aliphatic heterocycles. The standard InChI is InChI=1S/C9H18O4/c1-9(2)4-7(6-12-9)13-8(5-10)11-3/h7-8,10H,4-6H2,1-3H3. The quantitative estimate of drug-likeness (QED) is 0.657. The molecule has 2 unspecified atom stereocenters. The van der Waals surface area contributed by atoms with Gasteiger partial charge in [0, 0.05) is 13.5 Å². The Labute approximate surface area is 78.8 Å². The first-order chi connectivity index (χ1) is 6.07. The minimum absolute atomic E-state index is 0.0344. The van der Waals surface area contributed by atoms with Gasteiger partial charge in [0.2, 0.25) is 0 Å². The highest BCUT2D eigenvalue weighted by Crippen LogP contribution is 2.27. The number of aliphatic hydroxyl groups is 1. The van der Waals surface area contributed by atoms with Crippen molar-refractivity contribution in [3.63, 3.8) is 0 Å². The molecule has 0 aliphatic carbocycles. The summed E-state index contributed by atoms with van der Waals surface area (Å²) in [6.45, 7) is 4.51. The molecule has 0 saturated carbocycles. The number of hydrogen-bond donors (Lipinski definition) is 1. The Kier molecular flexibility index (Phi) is 3.67. The second kappa shape index (κ2) is 4.37. The van der Waals surface area contributed by atoms with Crippen LogP contribution in [0, 0.1) is 0 Å². The summed E-state index contributed by atoms with van der Waals surface area (Å²) in [6.07, 6.45) is 0.349. The van der Waals surface area contributed by atoms with E-state index in [1.54, 1.807) is 0 Å². The van der Waals surface area contributed by atoms with E-state index in [9.17, 15) is 0 Å². The average molecular weight is 190 g/mol. The summed E-state index contributed by atoms with van der Waals surface area (Å²) < 4.78 is 15.8. The summed E-state index contributed by atoms with van der Waals surface area (Å²) in [4.78, 5) is 0. The molecule has 0 aromatic heterocycles. The second-order valence-corrected chi connectivity index (χ2v) is 3.88. The fourth-order valence-electron chi connectivity index (χ4n) is 1.46. The van der Waals surface area contributed by atoms with Crippen LogP contribution in [0.5, 0.6) is 0 Å². The molecule has 1 fully saturated rings. The Morgan fingerprint density at radius 1 is 1.62 bits per heavy atom. The topological polar surface area (TPSA) is 47.9 Å². The van der Waals surface area contributed by atoms with Gasteiger partial charge in [-0.15, -0.1) is 0 Å². The van der Waals surface area contributed by atoms with E-state index in [0.29, 0.717) is 6.61 Å². The molecular weight excluding hydrogens is 172 g/mol.